The number of carbonyl (C=O) groups is 2. The molecule has 2 aromatic carbocycles. The number of rotatable bonds is 3. The Morgan fingerprint density at radius 2 is 1.77 bits per heavy atom. The first kappa shape index (κ1) is 23.7. The SMILES string of the molecule is CC.CN1C(=O)CCOc2ccccc21.Cc1ccccc1Cn1ccc(C(N)=O)n1. The summed E-state index contributed by atoms with van der Waals surface area (Å²) in [5.74, 6) is 0.393. The predicted octanol–water partition coefficient (Wildman–Crippen LogP) is 3.80. The summed E-state index contributed by atoms with van der Waals surface area (Å²) in [4.78, 5) is 23.9. The highest BCUT2D eigenvalue weighted by molar-refractivity contribution is 5.95. The number of fused-ring (bicyclic) bond motifs is 1. The van der Waals surface area contributed by atoms with E-state index in [2.05, 4.69) is 5.10 Å². The number of primary amides is 1. The number of hydrogen-bond acceptors (Lipinski definition) is 4. The molecule has 2 N–H and O–H groups in total. The molecule has 7 heteroatoms. The molecule has 1 aliphatic heterocycles. The molecule has 2 amide bonds. The first-order chi connectivity index (χ1) is 15.0. The molecule has 1 aromatic heterocycles. The van der Waals surface area contributed by atoms with Crippen LogP contribution in [0.1, 0.15) is 41.9 Å². The highest BCUT2D eigenvalue weighted by Crippen LogP contribution is 2.29. The van der Waals surface area contributed by atoms with Gasteiger partial charge in [0.1, 0.15) is 11.4 Å². The second-order valence-electron chi connectivity index (χ2n) is 6.71. The first-order valence-electron chi connectivity index (χ1n) is 10.3. The smallest absolute Gasteiger partial charge is 0.269 e. The Morgan fingerprint density at radius 3 is 2.45 bits per heavy atom. The third-order valence-electron chi connectivity index (χ3n) is 4.66. The molecule has 0 atom stereocenters. The quantitative estimate of drug-likeness (QED) is 0.695. The van der Waals surface area contributed by atoms with Gasteiger partial charge in [0.15, 0.2) is 0 Å². The van der Waals surface area contributed by atoms with Crippen LogP contribution < -0.4 is 15.4 Å². The van der Waals surface area contributed by atoms with E-state index in [4.69, 9.17) is 10.5 Å². The van der Waals surface area contributed by atoms with Gasteiger partial charge < -0.3 is 15.4 Å². The van der Waals surface area contributed by atoms with Crippen LogP contribution in [0, 0.1) is 6.92 Å². The minimum atomic E-state index is -0.497. The summed E-state index contributed by atoms with van der Waals surface area (Å²) < 4.78 is 7.14. The molecule has 1 aliphatic rings. The average Bonchev–Trinajstić information content (AvgIpc) is 3.20. The van der Waals surface area contributed by atoms with Gasteiger partial charge in [-0.15, -0.1) is 0 Å². The zero-order valence-corrected chi connectivity index (χ0v) is 18.5. The molecule has 0 spiro atoms. The van der Waals surface area contributed by atoms with Crippen molar-refractivity contribution < 1.29 is 14.3 Å². The lowest BCUT2D eigenvalue weighted by Gasteiger charge is -2.15. The van der Waals surface area contributed by atoms with Gasteiger partial charge in [-0.2, -0.15) is 5.10 Å². The molecular formula is C24H30N4O3. The van der Waals surface area contributed by atoms with E-state index in [1.54, 1.807) is 28.9 Å². The van der Waals surface area contributed by atoms with E-state index < -0.39 is 5.91 Å². The number of amides is 2. The number of aromatic nitrogens is 2. The summed E-state index contributed by atoms with van der Waals surface area (Å²) in [6.07, 6.45) is 2.21. The minimum absolute atomic E-state index is 0.102. The predicted molar refractivity (Wildman–Crippen MR) is 122 cm³/mol. The van der Waals surface area contributed by atoms with Crippen molar-refractivity contribution in [2.75, 3.05) is 18.6 Å². The summed E-state index contributed by atoms with van der Waals surface area (Å²) in [5, 5.41) is 4.09. The Hall–Kier alpha value is -3.61. The Morgan fingerprint density at radius 1 is 1.10 bits per heavy atom. The number of nitrogens with two attached hydrogens (primary N) is 1. The highest BCUT2D eigenvalue weighted by atomic mass is 16.5. The van der Waals surface area contributed by atoms with Gasteiger partial charge in [-0.05, 0) is 36.2 Å². The molecule has 0 saturated carbocycles. The van der Waals surface area contributed by atoms with Gasteiger partial charge in [0.25, 0.3) is 5.91 Å². The fraction of sp³-hybridized carbons (Fsp3) is 0.292. The molecular weight excluding hydrogens is 392 g/mol. The number of para-hydroxylation sites is 2. The third-order valence-corrected chi connectivity index (χ3v) is 4.66. The molecule has 0 bridgehead atoms. The van der Waals surface area contributed by atoms with Crippen molar-refractivity contribution in [1.29, 1.82) is 0 Å². The van der Waals surface area contributed by atoms with Crippen LogP contribution in [0.2, 0.25) is 0 Å². The van der Waals surface area contributed by atoms with E-state index in [-0.39, 0.29) is 5.91 Å². The highest BCUT2D eigenvalue weighted by Gasteiger charge is 2.18. The number of anilines is 1. The molecule has 164 valence electrons. The van der Waals surface area contributed by atoms with Gasteiger partial charge in [0.2, 0.25) is 5.91 Å². The van der Waals surface area contributed by atoms with Crippen molar-refractivity contribution in [3.8, 4) is 5.75 Å². The summed E-state index contributed by atoms with van der Waals surface area (Å²) in [5.41, 5.74) is 8.68. The van der Waals surface area contributed by atoms with Crippen LogP contribution in [0.15, 0.2) is 60.8 Å². The molecule has 4 rings (SSSR count). The standard InChI is InChI=1S/C12H13N3O.C10H11NO2.C2H6/c1-9-4-2-3-5-10(9)8-15-7-6-11(14-15)12(13)16;1-11-8-4-2-3-5-9(8)13-7-6-10(11)12;1-2/h2-7H,8H2,1H3,(H2,13,16);2-5H,6-7H2,1H3;1-2H3. The number of hydrogen-bond donors (Lipinski definition) is 1. The molecule has 0 fully saturated rings. The average molecular weight is 423 g/mol. The second-order valence-corrected chi connectivity index (χ2v) is 6.71. The lowest BCUT2D eigenvalue weighted by molar-refractivity contribution is -0.118. The molecule has 2 heterocycles. The summed E-state index contributed by atoms with van der Waals surface area (Å²) >= 11 is 0. The fourth-order valence-electron chi connectivity index (χ4n) is 2.95. The molecule has 7 nitrogen and oxygen atoms in total. The Bertz CT molecular complexity index is 1010. The van der Waals surface area contributed by atoms with Crippen molar-refractivity contribution in [1.82, 2.24) is 9.78 Å². The maximum Gasteiger partial charge on any atom is 0.269 e. The number of ether oxygens (including phenoxy) is 1. The van der Waals surface area contributed by atoms with Crippen molar-refractivity contribution in [3.63, 3.8) is 0 Å². The Labute approximate surface area is 183 Å². The minimum Gasteiger partial charge on any atom is -0.491 e. The van der Waals surface area contributed by atoms with Crippen LogP contribution >= 0.6 is 0 Å². The number of nitrogens with zero attached hydrogens (tertiary/aromatic N) is 3. The molecule has 0 radical (unpaired) electrons. The van der Waals surface area contributed by atoms with E-state index in [0.717, 1.165) is 11.4 Å². The maximum absolute atomic E-state index is 11.4. The van der Waals surface area contributed by atoms with Gasteiger partial charge in [0.05, 0.1) is 25.3 Å². The van der Waals surface area contributed by atoms with E-state index >= 15 is 0 Å². The summed E-state index contributed by atoms with van der Waals surface area (Å²) in [6.45, 7) is 7.17. The first-order valence-corrected chi connectivity index (χ1v) is 10.3. The van der Waals surface area contributed by atoms with E-state index in [9.17, 15) is 9.59 Å². The van der Waals surface area contributed by atoms with Crippen molar-refractivity contribution in [2.45, 2.75) is 33.7 Å². The second kappa shape index (κ2) is 11.5. The third kappa shape index (κ3) is 6.44. The molecule has 0 unspecified atom stereocenters. The lowest BCUT2D eigenvalue weighted by atomic mass is 10.1. The number of benzene rings is 2. The number of aryl methyl sites for hydroxylation is 1. The zero-order valence-electron chi connectivity index (χ0n) is 18.5. The topological polar surface area (TPSA) is 90.5 Å². The van der Waals surface area contributed by atoms with Gasteiger partial charge in [-0.3, -0.25) is 14.3 Å². The van der Waals surface area contributed by atoms with Crippen molar-refractivity contribution >= 4 is 17.5 Å². The van der Waals surface area contributed by atoms with Gasteiger partial charge in [-0.25, -0.2) is 0 Å². The van der Waals surface area contributed by atoms with E-state index in [0.29, 0.717) is 25.3 Å². The van der Waals surface area contributed by atoms with Crippen LogP contribution in [-0.4, -0.2) is 35.2 Å². The van der Waals surface area contributed by atoms with Crippen LogP contribution in [0.4, 0.5) is 5.69 Å². The zero-order chi connectivity index (χ0) is 22.8. The Balaban J connectivity index is 0.000000208. The van der Waals surface area contributed by atoms with Crippen molar-refractivity contribution in [2.24, 2.45) is 5.73 Å². The Kier molecular flexibility index (Phi) is 8.81. The fourth-order valence-corrected chi connectivity index (χ4v) is 2.95. The van der Waals surface area contributed by atoms with Crippen LogP contribution in [0.5, 0.6) is 5.75 Å². The van der Waals surface area contributed by atoms with Gasteiger partial charge in [0, 0.05) is 13.2 Å². The monoisotopic (exact) mass is 422 g/mol. The lowest BCUT2D eigenvalue weighted by Crippen LogP contribution is -2.24. The maximum atomic E-state index is 11.4. The summed E-state index contributed by atoms with van der Waals surface area (Å²) in [6, 6.07) is 17.3. The van der Waals surface area contributed by atoms with Gasteiger partial charge >= 0.3 is 0 Å². The number of carbonyl (C=O) groups excluding carboxylic acids is 2. The molecule has 0 saturated heterocycles. The van der Waals surface area contributed by atoms with Crippen LogP contribution in [-0.2, 0) is 11.3 Å². The van der Waals surface area contributed by atoms with Gasteiger partial charge in [-0.1, -0.05) is 50.2 Å². The molecule has 3 aromatic rings. The molecule has 31 heavy (non-hydrogen) atoms. The van der Waals surface area contributed by atoms with Crippen molar-refractivity contribution in [3.05, 3.63) is 77.6 Å². The largest absolute Gasteiger partial charge is 0.491 e. The van der Waals surface area contributed by atoms with Crippen LogP contribution in [0.25, 0.3) is 0 Å². The van der Waals surface area contributed by atoms with E-state index in [1.165, 1.54) is 11.1 Å². The summed E-state index contributed by atoms with van der Waals surface area (Å²) in [7, 11) is 1.77. The van der Waals surface area contributed by atoms with E-state index in [1.807, 2.05) is 69.3 Å². The normalized spacial score (nSPS) is 12.3. The molecule has 0 aliphatic carbocycles. The van der Waals surface area contributed by atoms with Crippen LogP contribution in [0.3, 0.4) is 0 Å².